The lowest BCUT2D eigenvalue weighted by Gasteiger charge is -2.00. The third kappa shape index (κ3) is 4.09. The van der Waals surface area contributed by atoms with Crippen LogP contribution in [0.3, 0.4) is 0 Å². The van der Waals surface area contributed by atoms with E-state index in [2.05, 4.69) is 31.9 Å². The molecule has 0 heterocycles. The maximum atomic E-state index is 9.05. The number of hydrogen-bond donors (Lipinski definition) is 4. The van der Waals surface area contributed by atoms with E-state index >= 15 is 0 Å². The Morgan fingerprint density at radius 3 is 1.80 bits per heavy atom. The molecule has 108 valence electrons. The van der Waals surface area contributed by atoms with Gasteiger partial charge < -0.3 is 20.4 Å². The van der Waals surface area contributed by atoms with E-state index in [9.17, 15) is 0 Å². The summed E-state index contributed by atoms with van der Waals surface area (Å²) in [7, 11) is 0. The van der Waals surface area contributed by atoms with Gasteiger partial charge in [-0.25, -0.2) is 0 Å². The van der Waals surface area contributed by atoms with E-state index in [1.54, 1.807) is 0 Å². The average Bonchev–Trinajstić information content (AvgIpc) is 2.43. The van der Waals surface area contributed by atoms with Crippen molar-refractivity contribution < 1.29 is 20.4 Å². The first kappa shape index (κ1) is 17.2. The van der Waals surface area contributed by atoms with Crippen LogP contribution < -0.4 is 0 Å². The van der Waals surface area contributed by atoms with Crippen LogP contribution in [0.15, 0.2) is 33.2 Å². The number of phenols is 4. The number of benzene rings is 2. The Morgan fingerprint density at radius 2 is 1.30 bits per heavy atom. The molecule has 0 aliphatic carbocycles. The maximum Gasteiger partial charge on any atom is 0.152 e. The van der Waals surface area contributed by atoms with E-state index < -0.39 is 0 Å². The van der Waals surface area contributed by atoms with Gasteiger partial charge in [0, 0.05) is 0 Å². The van der Waals surface area contributed by atoms with Crippen molar-refractivity contribution in [1.29, 1.82) is 0 Å². The predicted molar refractivity (Wildman–Crippen MR) is 85.0 cm³/mol. The number of aromatic hydroxyl groups is 4. The van der Waals surface area contributed by atoms with Crippen molar-refractivity contribution in [2.75, 3.05) is 0 Å². The van der Waals surface area contributed by atoms with Crippen LogP contribution in [-0.2, 0) is 0 Å². The summed E-state index contributed by atoms with van der Waals surface area (Å²) in [5.41, 5.74) is 0. The van der Waals surface area contributed by atoms with E-state index in [4.69, 9.17) is 43.6 Å². The Hall–Kier alpha value is -0.820. The highest BCUT2D eigenvalue weighted by Gasteiger charge is 2.07. The first-order valence-electron chi connectivity index (χ1n) is 4.97. The zero-order valence-electron chi connectivity index (χ0n) is 9.61. The maximum absolute atomic E-state index is 9.05. The van der Waals surface area contributed by atoms with Gasteiger partial charge in [-0.2, -0.15) is 0 Å². The van der Waals surface area contributed by atoms with Crippen LogP contribution in [0.4, 0.5) is 0 Å². The third-order valence-electron chi connectivity index (χ3n) is 2.09. The average molecular weight is 447 g/mol. The molecule has 2 rings (SSSR count). The van der Waals surface area contributed by atoms with Gasteiger partial charge in [-0.15, -0.1) is 0 Å². The molecule has 4 nitrogen and oxygen atoms in total. The molecule has 0 radical (unpaired) electrons. The van der Waals surface area contributed by atoms with Gasteiger partial charge in [-0.1, -0.05) is 23.2 Å². The van der Waals surface area contributed by atoms with E-state index in [1.165, 1.54) is 24.3 Å². The highest BCUT2D eigenvalue weighted by molar-refractivity contribution is 9.11. The van der Waals surface area contributed by atoms with Gasteiger partial charge in [0.25, 0.3) is 0 Å². The number of phenolic OH excluding ortho intramolecular Hbond substituents is 4. The molecule has 0 saturated heterocycles. The monoisotopic (exact) mass is 444 g/mol. The molecule has 2 aromatic carbocycles. The summed E-state index contributed by atoms with van der Waals surface area (Å²) in [5.74, 6) is -0.424. The molecule has 20 heavy (non-hydrogen) atoms. The minimum atomic E-state index is -0.137. The lowest BCUT2D eigenvalue weighted by atomic mass is 10.3. The molecule has 0 aliphatic heterocycles. The second-order valence-corrected chi connectivity index (χ2v) is 5.89. The van der Waals surface area contributed by atoms with Gasteiger partial charge in [0.2, 0.25) is 0 Å². The van der Waals surface area contributed by atoms with Gasteiger partial charge in [0.15, 0.2) is 11.5 Å². The number of hydrogen-bond acceptors (Lipinski definition) is 4. The molecular formula is C12H8Br2Cl2O4. The molecule has 0 atom stereocenters. The summed E-state index contributed by atoms with van der Waals surface area (Å²) in [6.45, 7) is 0. The van der Waals surface area contributed by atoms with Crippen molar-refractivity contribution in [1.82, 2.24) is 0 Å². The highest BCUT2D eigenvalue weighted by atomic mass is 79.9. The smallest absolute Gasteiger partial charge is 0.152 e. The molecule has 8 heteroatoms. The van der Waals surface area contributed by atoms with E-state index in [0.29, 0.717) is 4.47 Å². The molecule has 0 saturated carbocycles. The summed E-state index contributed by atoms with van der Waals surface area (Å²) < 4.78 is 0.690. The molecular weight excluding hydrogens is 439 g/mol. The highest BCUT2D eigenvalue weighted by Crippen LogP contribution is 2.38. The van der Waals surface area contributed by atoms with Crippen molar-refractivity contribution in [3.05, 3.63) is 43.3 Å². The molecule has 0 spiro atoms. The van der Waals surface area contributed by atoms with Crippen molar-refractivity contribution in [3.8, 4) is 23.0 Å². The number of rotatable bonds is 0. The fraction of sp³-hybridized carbons (Fsp3) is 0. The van der Waals surface area contributed by atoms with E-state index in [0.717, 1.165) is 0 Å². The van der Waals surface area contributed by atoms with Crippen LogP contribution in [0.5, 0.6) is 23.0 Å². The lowest BCUT2D eigenvalue weighted by Crippen LogP contribution is -1.71. The zero-order valence-corrected chi connectivity index (χ0v) is 14.3. The fourth-order valence-corrected chi connectivity index (χ4v) is 2.29. The Kier molecular flexibility index (Phi) is 6.26. The summed E-state index contributed by atoms with van der Waals surface area (Å²) in [6, 6.07) is 5.71. The van der Waals surface area contributed by atoms with E-state index in [1.807, 2.05) is 0 Å². The second kappa shape index (κ2) is 7.26. The van der Waals surface area contributed by atoms with Crippen molar-refractivity contribution in [3.63, 3.8) is 0 Å². The van der Waals surface area contributed by atoms with Gasteiger partial charge in [-0.05, 0) is 56.1 Å². The Morgan fingerprint density at radius 1 is 0.750 bits per heavy atom. The van der Waals surface area contributed by atoms with Crippen LogP contribution >= 0.6 is 55.1 Å². The van der Waals surface area contributed by atoms with Gasteiger partial charge in [-0.3, -0.25) is 0 Å². The first-order valence-corrected chi connectivity index (χ1v) is 7.31. The molecule has 2 aromatic rings. The van der Waals surface area contributed by atoms with Gasteiger partial charge in [0.05, 0.1) is 9.50 Å². The summed E-state index contributed by atoms with van der Waals surface area (Å²) in [5, 5.41) is 36.1. The summed E-state index contributed by atoms with van der Waals surface area (Å²) in [6.07, 6.45) is 0. The minimum Gasteiger partial charge on any atom is -0.507 e. The van der Waals surface area contributed by atoms with E-state index in [-0.39, 0.29) is 37.5 Å². The molecule has 4 N–H and O–H groups in total. The molecule has 0 aromatic heterocycles. The van der Waals surface area contributed by atoms with Crippen LogP contribution in [0.2, 0.25) is 10.0 Å². The standard InChI is InChI=1S/2C6H4BrClO2/c7-5-4(9)2-1-3(8)6(5)10;7-3-1-2-4(9)5(8)6(3)10/h2*1-2,9-10H. The Balaban J connectivity index is 0.000000200. The number of halogens is 4. The molecule has 0 amide bonds. The molecule has 0 unspecified atom stereocenters. The predicted octanol–water partition coefficient (Wildman–Crippen LogP) is 5.03. The lowest BCUT2D eigenvalue weighted by molar-refractivity contribution is 0.444. The van der Waals surface area contributed by atoms with Gasteiger partial charge in [0.1, 0.15) is 21.0 Å². The molecule has 0 fully saturated rings. The SMILES string of the molecule is Oc1ccc(Br)c(O)c1Cl.Oc1ccc(Cl)c(O)c1Br. The van der Waals surface area contributed by atoms with Crippen molar-refractivity contribution in [2.24, 2.45) is 0 Å². The van der Waals surface area contributed by atoms with Crippen LogP contribution in [0.25, 0.3) is 0 Å². The largest absolute Gasteiger partial charge is 0.507 e. The van der Waals surface area contributed by atoms with Crippen molar-refractivity contribution >= 4 is 55.1 Å². The first-order chi connectivity index (χ1) is 9.25. The van der Waals surface area contributed by atoms with Gasteiger partial charge >= 0.3 is 0 Å². The minimum absolute atomic E-state index is 0.0260. The third-order valence-corrected chi connectivity index (χ3v) is 4.19. The van der Waals surface area contributed by atoms with Crippen LogP contribution in [-0.4, -0.2) is 20.4 Å². The summed E-state index contributed by atoms with van der Waals surface area (Å²) >= 11 is 16.9. The molecule has 0 aliphatic rings. The molecule has 0 bridgehead atoms. The van der Waals surface area contributed by atoms with Crippen LogP contribution in [0.1, 0.15) is 0 Å². The normalized spacial score (nSPS) is 9.80. The quantitative estimate of drug-likeness (QED) is 0.457. The zero-order chi connectivity index (χ0) is 15.4. The Labute approximate surface area is 141 Å². The summed E-state index contributed by atoms with van der Waals surface area (Å²) in [4.78, 5) is 0. The Bertz CT molecular complexity index is 526. The second-order valence-electron chi connectivity index (χ2n) is 3.46. The van der Waals surface area contributed by atoms with Crippen molar-refractivity contribution in [2.45, 2.75) is 0 Å². The topological polar surface area (TPSA) is 80.9 Å². The fourth-order valence-electron chi connectivity index (χ4n) is 1.06. The van der Waals surface area contributed by atoms with Crippen LogP contribution in [0, 0.1) is 0 Å².